The Bertz CT molecular complexity index is 773. The molecule has 0 radical (unpaired) electrons. The van der Waals surface area contributed by atoms with Crippen LogP contribution in [0.25, 0.3) is 11.4 Å². The first kappa shape index (κ1) is 14.1. The maximum atomic E-state index is 12.2. The van der Waals surface area contributed by atoms with Gasteiger partial charge >= 0.3 is 0 Å². The molecule has 0 fully saturated rings. The van der Waals surface area contributed by atoms with Crippen LogP contribution in [-0.4, -0.2) is 26.1 Å². The fourth-order valence-electron chi connectivity index (χ4n) is 2.11. The third kappa shape index (κ3) is 2.90. The topological polar surface area (TPSA) is 86.5 Å². The molecule has 112 valence electrons. The highest BCUT2D eigenvalue weighted by molar-refractivity contribution is 6.03. The van der Waals surface area contributed by atoms with E-state index in [9.17, 15) is 4.79 Å². The number of imidazole rings is 1. The summed E-state index contributed by atoms with van der Waals surface area (Å²) >= 11 is 0. The summed E-state index contributed by atoms with van der Waals surface area (Å²) in [7, 11) is 0. The molecule has 0 aliphatic heterocycles. The predicted molar refractivity (Wildman–Crippen MR) is 84.7 cm³/mol. The van der Waals surface area contributed by atoms with E-state index in [-0.39, 0.29) is 5.91 Å². The number of anilines is 1. The number of amides is 1. The lowest BCUT2D eigenvalue weighted by Crippen LogP contribution is -2.12. The number of benzene rings is 1. The SMILES string of the molecule is CC(C)c1cc(C(=O)Nc2cccc(-c3ncc[nH]3)c2)n[nH]1. The molecule has 0 spiro atoms. The molecule has 0 aliphatic carbocycles. The lowest BCUT2D eigenvalue weighted by Gasteiger charge is -2.05. The first-order valence-electron chi connectivity index (χ1n) is 7.10. The summed E-state index contributed by atoms with van der Waals surface area (Å²) in [6.07, 6.45) is 3.45. The van der Waals surface area contributed by atoms with Crippen molar-refractivity contribution in [3.63, 3.8) is 0 Å². The van der Waals surface area contributed by atoms with E-state index >= 15 is 0 Å². The number of H-pyrrole nitrogens is 2. The van der Waals surface area contributed by atoms with Crippen molar-refractivity contribution in [1.82, 2.24) is 20.2 Å². The van der Waals surface area contributed by atoms with Gasteiger partial charge in [0.05, 0.1) is 0 Å². The van der Waals surface area contributed by atoms with E-state index in [1.54, 1.807) is 18.5 Å². The first-order valence-corrected chi connectivity index (χ1v) is 7.10. The van der Waals surface area contributed by atoms with Gasteiger partial charge in [0.2, 0.25) is 0 Å². The van der Waals surface area contributed by atoms with Crippen LogP contribution in [-0.2, 0) is 0 Å². The van der Waals surface area contributed by atoms with Crippen LogP contribution >= 0.6 is 0 Å². The van der Waals surface area contributed by atoms with Crippen LogP contribution in [0.5, 0.6) is 0 Å². The third-order valence-electron chi connectivity index (χ3n) is 3.34. The van der Waals surface area contributed by atoms with Crippen molar-refractivity contribution in [2.24, 2.45) is 0 Å². The van der Waals surface area contributed by atoms with E-state index < -0.39 is 0 Å². The van der Waals surface area contributed by atoms with Gasteiger partial charge in [0.15, 0.2) is 5.69 Å². The molecule has 0 atom stereocenters. The summed E-state index contributed by atoms with van der Waals surface area (Å²) in [4.78, 5) is 19.5. The Labute approximate surface area is 128 Å². The second-order valence-electron chi connectivity index (χ2n) is 5.34. The zero-order valence-corrected chi connectivity index (χ0v) is 12.4. The summed E-state index contributed by atoms with van der Waals surface area (Å²) in [5.74, 6) is 0.828. The molecule has 3 aromatic rings. The monoisotopic (exact) mass is 295 g/mol. The number of carbonyl (C=O) groups excluding carboxylic acids is 1. The van der Waals surface area contributed by atoms with Crippen molar-refractivity contribution in [3.05, 3.63) is 54.1 Å². The standard InChI is InChI=1S/C16H17N5O/c1-10(2)13-9-14(21-20-13)16(22)19-12-5-3-4-11(8-12)15-17-6-7-18-15/h3-10H,1-2H3,(H,17,18)(H,19,22)(H,20,21). The molecular weight excluding hydrogens is 278 g/mol. The number of hydrogen-bond donors (Lipinski definition) is 3. The molecule has 3 N–H and O–H groups in total. The molecule has 3 rings (SSSR count). The molecule has 6 heteroatoms. The third-order valence-corrected chi connectivity index (χ3v) is 3.34. The fraction of sp³-hybridized carbons (Fsp3) is 0.188. The van der Waals surface area contributed by atoms with Gasteiger partial charge in [-0.1, -0.05) is 26.0 Å². The molecule has 0 saturated heterocycles. The quantitative estimate of drug-likeness (QED) is 0.691. The molecule has 1 amide bonds. The second-order valence-corrected chi connectivity index (χ2v) is 5.34. The van der Waals surface area contributed by atoms with E-state index in [1.165, 1.54) is 0 Å². The van der Waals surface area contributed by atoms with Crippen LogP contribution in [0, 0.1) is 0 Å². The smallest absolute Gasteiger partial charge is 0.276 e. The summed E-state index contributed by atoms with van der Waals surface area (Å²) in [5.41, 5.74) is 2.93. The number of hydrogen-bond acceptors (Lipinski definition) is 3. The highest BCUT2D eigenvalue weighted by Gasteiger charge is 2.12. The van der Waals surface area contributed by atoms with Crippen molar-refractivity contribution in [1.29, 1.82) is 0 Å². The zero-order chi connectivity index (χ0) is 15.5. The van der Waals surface area contributed by atoms with Gasteiger partial charge in [-0.3, -0.25) is 9.89 Å². The van der Waals surface area contributed by atoms with Crippen molar-refractivity contribution in [2.75, 3.05) is 5.32 Å². The zero-order valence-electron chi connectivity index (χ0n) is 12.4. The van der Waals surface area contributed by atoms with E-state index in [0.29, 0.717) is 17.3 Å². The lowest BCUT2D eigenvalue weighted by molar-refractivity contribution is 0.102. The summed E-state index contributed by atoms with van der Waals surface area (Å²) in [6.45, 7) is 4.09. The van der Waals surface area contributed by atoms with Crippen LogP contribution in [0.4, 0.5) is 5.69 Å². The molecule has 2 heterocycles. The number of carbonyl (C=O) groups is 1. The molecule has 1 aromatic carbocycles. The molecular formula is C16H17N5O. The molecule has 0 bridgehead atoms. The molecule has 0 unspecified atom stereocenters. The van der Waals surface area contributed by atoms with Crippen molar-refractivity contribution >= 4 is 11.6 Å². The first-order chi connectivity index (χ1) is 10.6. The van der Waals surface area contributed by atoms with Gasteiger partial charge in [-0.2, -0.15) is 5.10 Å². The maximum Gasteiger partial charge on any atom is 0.276 e. The number of rotatable bonds is 4. The highest BCUT2D eigenvalue weighted by Crippen LogP contribution is 2.20. The molecule has 0 saturated carbocycles. The number of nitrogens with zero attached hydrogens (tertiary/aromatic N) is 2. The number of aromatic nitrogens is 4. The van der Waals surface area contributed by atoms with Gasteiger partial charge in [0, 0.05) is 29.3 Å². The minimum Gasteiger partial charge on any atom is -0.345 e. The maximum absolute atomic E-state index is 12.2. The number of aromatic amines is 2. The van der Waals surface area contributed by atoms with Crippen molar-refractivity contribution < 1.29 is 4.79 Å². The highest BCUT2D eigenvalue weighted by atomic mass is 16.1. The van der Waals surface area contributed by atoms with E-state index in [4.69, 9.17) is 0 Å². The number of nitrogens with one attached hydrogen (secondary N) is 3. The van der Waals surface area contributed by atoms with Crippen molar-refractivity contribution in [2.45, 2.75) is 19.8 Å². The Kier molecular flexibility index (Phi) is 3.74. The van der Waals surface area contributed by atoms with Crippen LogP contribution in [0.15, 0.2) is 42.7 Å². The van der Waals surface area contributed by atoms with Crippen LogP contribution < -0.4 is 5.32 Å². The Hall–Kier alpha value is -2.89. The van der Waals surface area contributed by atoms with Crippen molar-refractivity contribution in [3.8, 4) is 11.4 Å². The van der Waals surface area contributed by atoms with E-state index in [1.807, 2.05) is 38.1 Å². The summed E-state index contributed by atoms with van der Waals surface area (Å²) in [6, 6.07) is 9.28. The minimum atomic E-state index is -0.236. The van der Waals surface area contributed by atoms with Gasteiger partial charge in [-0.15, -0.1) is 0 Å². The fourth-order valence-corrected chi connectivity index (χ4v) is 2.11. The average molecular weight is 295 g/mol. The second kappa shape index (κ2) is 5.85. The Morgan fingerprint density at radius 1 is 1.27 bits per heavy atom. The predicted octanol–water partition coefficient (Wildman–Crippen LogP) is 3.18. The Morgan fingerprint density at radius 3 is 2.82 bits per heavy atom. The normalized spacial score (nSPS) is 10.9. The van der Waals surface area contributed by atoms with Gasteiger partial charge < -0.3 is 10.3 Å². The van der Waals surface area contributed by atoms with Gasteiger partial charge in [0.25, 0.3) is 5.91 Å². The van der Waals surface area contributed by atoms with Crippen LogP contribution in [0.2, 0.25) is 0 Å². The van der Waals surface area contributed by atoms with E-state index in [2.05, 4.69) is 25.5 Å². The van der Waals surface area contributed by atoms with Gasteiger partial charge in [-0.05, 0) is 24.1 Å². The minimum absolute atomic E-state index is 0.236. The van der Waals surface area contributed by atoms with Crippen LogP contribution in [0.1, 0.15) is 35.9 Å². The largest absolute Gasteiger partial charge is 0.345 e. The summed E-state index contributed by atoms with van der Waals surface area (Å²) in [5, 5.41) is 9.78. The van der Waals surface area contributed by atoms with Crippen LogP contribution in [0.3, 0.4) is 0 Å². The summed E-state index contributed by atoms with van der Waals surface area (Å²) < 4.78 is 0. The lowest BCUT2D eigenvalue weighted by atomic mass is 10.1. The molecule has 22 heavy (non-hydrogen) atoms. The Balaban J connectivity index is 1.77. The average Bonchev–Trinajstić information content (AvgIpc) is 3.19. The molecule has 6 nitrogen and oxygen atoms in total. The van der Waals surface area contributed by atoms with E-state index in [0.717, 1.165) is 17.1 Å². The van der Waals surface area contributed by atoms with Gasteiger partial charge in [-0.25, -0.2) is 4.98 Å². The molecule has 0 aliphatic rings. The Morgan fingerprint density at radius 2 is 2.14 bits per heavy atom. The molecule has 2 aromatic heterocycles. The van der Waals surface area contributed by atoms with Gasteiger partial charge in [0.1, 0.15) is 5.82 Å².